The Bertz CT molecular complexity index is 982. The first-order valence-corrected chi connectivity index (χ1v) is 10.6. The molecule has 2 N–H and O–H groups in total. The van der Waals surface area contributed by atoms with Gasteiger partial charge in [0.1, 0.15) is 25.0 Å². The van der Waals surface area contributed by atoms with Gasteiger partial charge in [0.25, 0.3) is 0 Å². The van der Waals surface area contributed by atoms with E-state index < -0.39 is 12.1 Å². The van der Waals surface area contributed by atoms with Gasteiger partial charge >= 0.3 is 6.09 Å². The predicted molar refractivity (Wildman–Crippen MR) is 124 cm³/mol. The van der Waals surface area contributed by atoms with E-state index in [1.165, 1.54) is 0 Å². The normalized spacial score (nSPS) is 11.3. The molecule has 1 atom stereocenters. The van der Waals surface area contributed by atoms with Crippen LogP contribution in [0.4, 0.5) is 4.79 Å². The summed E-state index contributed by atoms with van der Waals surface area (Å²) in [5, 5.41) is 6.10. The number of hydrogen-bond acceptors (Lipinski definition) is 4. The second-order valence-electron chi connectivity index (χ2n) is 7.04. The number of rotatable bonds is 10. The largest absolute Gasteiger partial charge is 0.492 e. The van der Waals surface area contributed by atoms with Crippen LogP contribution in [0, 0.1) is 0 Å². The minimum atomic E-state index is -0.781. The van der Waals surface area contributed by atoms with Crippen molar-refractivity contribution in [2.45, 2.75) is 19.1 Å². The number of carbonyl (C=O) groups excluding carboxylic acids is 2. The van der Waals surface area contributed by atoms with Gasteiger partial charge < -0.3 is 20.1 Å². The predicted octanol–water partition coefficient (Wildman–Crippen LogP) is 4.37. The van der Waals surface area contributed by atoms with Gasteiger partial charge in [-0.2, -0.15) is 0 Å². The summed E-state index contributed by atoms with van der Waals surface area (Å²) >= 11 is 5.86. The molecule has 0 saturated heterocycles. The molecule has 0 spiro atoms. The Morgan fingerprint density at radius 2 is 1.47 bits per heavy atom. The monoisotopic (exact) mass is 452 g/mol. The lowest BCUT2D eigenvalue weighted by Crippen LogP contribution is -2.48. The zero-order valence-electron chi connectivity index (χ0n) is 17.5. The molecule has 0 saturated carbocycles. The van der Waals surface area contributed by atoms with Crippen LogP contribution in [0.3, 0.4) is 0 Å². The number of nitrogens with one attached hydrogen (secondary N) is 2. The Kier molecular flexibility index (Phi) is 8.95. The minimum absolute atomic E-state index is 0.126. The average molecular weight is 453 g/mol. The Balaban J connectivity index is 1.51. The van der Waals surface area contributed by atoms with E-state index in [0.29, 0.717) is 17.2 Å². The molecule has 0 unspecified atom stereocenters. The molecule has 7 heteroatoms. The summed E-state index contributed by atoms with van der Waals surface area (Å²) in [6.45, 7) is 0.693. The molecule has 0 bridgehead atoms. The lowest BCUT2D eigenvalue weighted by atomic mass is 10.1. The van der Waals surface area contributed by atoms with Gasteiger partial charge in [0, 0.05) is 11.4 Å². The molecule has 2 amide bonds. The summed E-state index contributed by atoms with van der Waals surface area (Å²) in [6, 6.07) is 25.0. The van der Waals surface area contributed by atoms with Gasteiger partial charge in [0.2, 0.25) is 5.91 Å². The summed E-state index contributed by atoms with van der Waals surface area (Å²) in [4.78, 5) is 25.1. The standard InChI is InChI=1S/C25H25ClN2O4/c26-21-11-13-22(14-12-21)31-16-15-27-24(29)23(17-19-7-3-1-4-8-19)28-25(30)32-18-20-9-5-2-6-10-20/h1-14,23H,15-18H2,(H,27,29)(H,28,30)/t23-/m0/s1. The highest BCUT2D eigenvalue weighted by Crippen LogP contribution is 2.15. The third-order valence-corrected chi connectivity index (χ3v) is 4.84. The fourth-order valence-corrected chi connectivity index (χ4v) is 3.09. The van der Waals surface area contributed by atoms with Gasteiger partial charge in [0.15, 0.2) is 0 Å². The van der Waals surface area contributed by atoms with Gasteiger partial charge in [-0.3, -0.25) is 4.79 Å². The Morgan fingerprint density at radius 3 is 2.12 bits per heavy atom. The summed E-state index contributed by atoms with van der Waals surface area (Å²) in [5.74, 6) is 0.345. The Labute approximate surface area is 192 Å². The van der Waals surface area contributed by atoms with Crippen LogP contribution in [0.5, 0.6) is 5.75 Å². The van der Waals surface area contributed by atoms with E-state index in [2.05, 4.69) is 10.6 Å². The molecule has 0 aliphatic rings. The maximum Gasteiger partial charge on any atom is 0.408 e. The van der Waals surface area contributed by atoms with Crippen molar-refractivity contribution in [1.29, 1.82) is 0 Å². The van der Waals surface area contributed by atoms with E-state index in [9.17, 15) is 9.59 Å². The van der Waals surface area contributed by atoms with E-state index in [0.717, 1.165) is 11.1 Å². The van der Waals surface area contributed by atoms with Crippen LogP contribution in [-0.2, 0) is 22.6 Å². The lowest BCUT2D eigenvalue weighted by molar-refractivity contribution is -0.123. The topological polar surface area (TPSA) is 76.7 Å². The van der Waals surface area contributed by atoms with Gasteiger partial charge in [-0.05, 0) is 35.4 Å². The lowest BCUT2D eigenvalue weighted by Gasteiger charge is -2.19. The smallest absolute Gasteiger partial charge is 0.408 e. The molecule has 3 aromatic rings. The zero-order chi connectivity index (χ0) is 22.6. The summed E-state index contributed by atoms with van der Waals surface area (Å²) in [6.07, 6.45) is -0.312. The summed E-state index contributed by atoms with van der Waals surface area (Å²) in [7, 11) is 0. The van der Waals surface area contributed by atoms with Crippen molar-refractivity contribution >= 4 is 23.6 Å². The van der Waals surface area contributed by atoms with E-state index >= 15 is 0 Å². The summed E-state index contributed by atoms with van der Waals surface area (Å²) < 4.78 is 10.9. The van der Waals surface area contributed by atoms with Gasteiger partial charge in [0.05, 0.1) is 6.54 Å². The van der Waals surface area contributed by atoms with Crippen molar-refractivity contribution in [3.05, 3.63) is 101 Å². The van der Waals surface area contributed by atoms with E-state index in [-0.39, 0.29) is 25.7 Å². The molecule has 32 heavy (non-hydrogen) atoms. The number of halogens is 1. The maximum absolute atomic E-state index is 12.8. The van der Waals surface area contributed by atoms with Crippen LogP contribution in [0.2, 0.25) is 5.02 Å². The number of ether oxygens (including phenoxy) is 2. The first kappa shape index (κ1) is 23.2. The molecule has 0 radical (unpaired) electrons. The number of carbonyl (C=O) groups is 2. The second-order valence-corrected chi connectivity index (χ2v) is 7.48. The minimum Gasteiger partial charge on any atom is -0.492 e. The van der Waals surface area contributed by atoms with Gasteiger partial charge in [-0.15, -0.1) is 0 Å². The third kappa shape index (κ3) is 7.96. The molecule has 0 fully saturated rings. The molecular weight excluding hydrogens is 428 g/mol. The molecule has 3 rings (SSSR count). The molecule has 0 aliphatic heterocycles. The molecular formula is C25H25ClN2O4. The first-order chi connectivity index (χ1) is 15.6. The Morgan fingerprint density at radius 1 is 0.844 bits per heavy atom. The molecule has 0 aliphatic carbocycles. The van der Waals surface area contributed by atoms with Crippen molar-refractivity contribution in [2.24, 2.45) is 0 Å². The maximum atomic E-state index is 12.8. The van der Waals surface area contributed by atoms with Gasteiger partial charge in [-0.25, -0.2) is 4.79 Å². The van der Waals surface area contributed by atoms with Crippen LogP contribution < -0.4 is 15.4 Å². The molecule has 3 aromatic carbocycles. The van der Waals surface area contributed by atoms with Crippen LogP contribution in [-0.4, -0.2) is 31.2 Å². The highest BCUT2D eigenvalue weighted by molar-refractivity contribution is 6.30. The van der Waals surface area contributed by atoms with Crippen LogP contribution >= 0.6 is 11.6 Å². The quantitative estimate of drug-likeness (QED) is 0.448. The third-order valence-electron chi connectivity index (χ3n) is 4.59. The number of hydrogen-bond donors (Lipinski definition) is 2. The fourth-order valence-electron chi connectivity index (χ4n) is 2.96. The van der Waals surface area contributed by atoms with E-state index in [1.807, 2.05) is 60.7 Å². The molecule has 6 nitrogen and oxygen atoms in total. The van der Waals surface area contributed by atoms with Gasteiger partial charge in [-0.1, -0.05) is 72.3 Å². The Hall–Kier alpha value is -3.51. The highest BCUT2D eigenvalue weighted by atomic mass is 35.5. The molecule has 166 valence electrons. The highest BCUT2D eigenvalue weighted by Gasteiger charge is 2.21. The first-order valence-electron chi connectivity index (χ1n) is 10.3. The second kappa shape index (κ2) is 12.4. The SMILES string of the molecule is O=C(N[C@@H](Cc1ccccc1)C(=O)NCCOc1ccc(Cl)cc1)OCc1ccccc1. The number of benzene rings is 3. The van der Waals surface area contributed by atoms with E-state index in [4.69, 9.17) is 21.1 Å². The zero-order valence-corrected chi connectivity index (χ0v) is 18.3. The molecule has 0 heterocycles. The summed E-state index contributed by atoms with van der Waals surface area (Å²) in [5.41, 5.74) is 1.79. The number of alkyl carbamates (subject to hydrolysis) is 1. The number of amides is 2. The van der Waals surface area contributed by atoms with Crippen molar-refractivity contribution in [3.63, 3.8) is 0 Å². The van der Waals surface area contributed by atoms with Crippen LogP contribution in [0.15, 0.2) is 84.9 Å². The van der Waals surface area contributed by atoms with Crippen molar-refractivity contribution in [1.82, 2.24) is 10.6 Å². The van der Waals surface area contributed by atoms with Crippen molar-refractivity contribution in [3.8, 4) is 5.75 Å². The fraction of sp³-hybridized carbons (Fsp3) is 0.200. The molecule has 0 aromatic heterocycles. The van der Waals surface area contributed by atoms with Crippen molar-refractivity contribution in [2.75, 3.05) is 13.2 Å². The van der Waals surface area contributed by atoms with Crippen LogP contribution in [0.25, 0.3) is 0 Å². The average Bonchev–Trinajstić information content (AvgIpc) is 2.82. The van der Waals surface area contributed by atoms with E-state index in [1.54, 1.807) is 24.3 Å². The van der Waals surface area contributed by atoms with Crippen LogP contribution in [0.1, 0.15) is 11.1 Å². The van der Waals surface area contributed by atoms with Crippen molar-refractivity contribution < 1.29 is 19.1 Å².